The van der Waals surface area contributed by atoms with Gasteiger partial charge in [-0.05, 0) is 37.8 Å². The fraction of sp³-hybridized carbons (Fsp3) is 0.600. The van der Waals surface area contributed by atoms with E-state index in [0.29, 0.717) is 25.2 Å². The zero-order valence-corrected chi connectivity index (χ0v) is 14.0. The Morgan fingerprint density at radius 1 is 1.48 bits per heavy atom. The highest BCUT2D eigenvalue weighted by atomic mass is 32.2. The van der Waals surface area contributed by atoms with Gasteiger partial charge in [0.05, 0.1) is 23.7 Å². The molecule has 0 unspecified atom stereocenters. The van der Waals surface area contributed by atoms with Gasteiger partial charge in [0.15, 0.2) is 0 Å². The minimum atomic E-state index is -3.21. The third-order valence-electron chi connectivity index (χ3n) is 4.54. The lowest BCUT2D eigenvalue weighted by Crippen LogP contribution is -2.44. The Bertz CT molecular complexity index is 706. The number of ether oxygens (including phenoxy) is 1. The number of piperidine rings is 1. The summed E-state index contributed by atoms with van der Waals surface area (Å²) in [5.74, 6) is 0.0418. The Morgan fingerprint density at radius 3 is 2.96 bits per heavy atom. The molecule has 0 aromatic carbocycles. The van der Waals surface area contributed by atoms with E-state index >= 15 is 0 Å². The molecule has 2 aliphatic heterocycles. The molecule has 0 bridgehead atoms. The maximum absolute atomic E-state index is 12.4. The maximum Gasteiger partial charge on any atom is 0.253 e. The van der Waals surface area contributed by atoms with Crippen LogP contribution in [0.2, 0.25) is 0 Å². The lowest BCUT2D eigenvalue weighted by Gasteiger charge is -2.32. The number of carbonyl (C=O) groups is 1. The first-order valence-corrected chi connectivity index (χ1v) is 9.52. The molecule has 3 rings (SSSR count). The minimum absolute atomic E-state index is 0.193. The number of hydrogen-bond acceptors (Lipinski definition) is 5. The molecule has 2 fully saturated rings. The first-order valence-electron chi connectivity index (χ1n) is 7.67. The maximum atomic E-state index is 12.4. The molecule has 0 radical (unpaired) electrons. The highest BCUT2D eigenvalue weighted by Crippen LogP contribution is 2.34. The van der Waals surface area contributed by atoms with Crippen LogP contribution >= 0.6 is 0 Å². The Labute approximate surface area is 136 Å². The summed E-state index contributed by atoms with van der Waals surface area (Å²) in [5, 5.41) is 2.84. The van der Waals surface area contributed by atoms with Gasteiger partial charge >= 0.3 is 0 Å². The van der Waals surface area contributed by atoms with E-state index in [1.165, 1.54) is 10.6 Å². The lowest BCUT2D eigenvalue weighted by molar-refractivity contribution is -0.127. The predicted molar refractivity (Wildman–Crippen MR) is 85.4 cm³/mol. The minimum Gasteiger partial charge on any atom is -0.363 e. The monoisotopic (exact) mass is 339 g/mol. The number of nitrogens with one attached hydrogen (secondary N) is 1. The van der Waals surface area contributed by atoms with Crippen molar-refractivity contribution in [2.45, 2.75) is 32.0 Å². The molecule has 3 atom stereocenters. The van der Waals surface area contributed by atoms with Crippen molar-refractivity contribution in [2.24, 2.45) is 5.92 Å². The quantitative estimate of drug-likeness (QED) is 0.878. The fourth-order valence-corrected chi connectivity index (χ4v) is 4.06. The summed E-state index contributed by atoms with van der Waals surface area (Å²) in [6, 6.07) is 3.56. The third kappa shape index (κ3) is 3.54. The van der Waals surface area contributed by atoms with E-state index in [2.05, 4.69) is 10.3 Å². The average Bonchev–Trinajstić information content (AvgIpc) is 2.92. The smallest absolute Gasteiger partial charge is 0.253 e. The second-order valence-electron chi connectivity index (χ2n) is 6.19. The molecular formula is C15H21N3O4S. The summed E-state index contributed by atoms with van der Waals surface area (Å²) >= 11 is 0. The van der Waals surface area contributed by atoms with E-state index in [1.807, 2.05) is 6.92 Å². The largest absolute Gasteiger partial charge is 0.363 e. The molecule has 7 nitrogen and oxygen atoms in total. The van der Waals surface area contributed by atoms with Crippen LogP contribution in [0.5, 0.6) is 0 Å². The van der Waals surface area contributed by atoms with Gasteiger partial charge in [-0.25, -0.2) is 8.42 Å². The zero-order valence-electron chi connectivity index (χ0n) is 13.2. The summed E-state index contributed by atoms with van der Waals surface area (Å²) in [7, 11) is -3.21. The zero-order chi connectivity index (χ0) is 16.6. The van der Waals surface area contributed by atoms with E-state index < -0.39 is 16.1 Å². The molecule has 2 saturated heterocycles. The normalized spacial score (nSPS) is 28.3. The van der Waals surface area contributed by atoms with Crippen LogP contribution < -0.4 is 5.32 Å². The van der Waals surface area contributed by atoms with Crippen LogP contribution in [0, 0.1) is 12.8 Å². The van der Waals surface area contributed by atoms with Crippen LogP contribution in [0.25, 0.3) is 0 Å². The second-order valence-corrected chi connectivity index (χ2v) is 8.18. The molecule has 8 heteroatoms. The van der Waals surface area contributed by atoms with Crippen LogP contribution in [-0.2, 0) is 19.6 Å². The molecule has 0 saturated carbocycles. The van der Waals surface area contributed by atoms with Gasteiger partial charge in [0, 0.05) is 19.3 Å². The predicted octanol–water partition coefficient (Wildman–Crippen LogP) is 0.768. The Morgan fingerprint density at radius 2 is 2.26 bits per heavy atom. The van der Waals surface area contributed by atoms with Crippen molar-refractivity contribution in [3.63, 3.8) is 0 Å². The van der Waals surface area contributed by atoms with E-state index in [-0.39, 0.29) is 17.9 Å². The van der Waals surface area contributed by atoms with E-state index in [4.69, 9.17) is 4.74 Å². The SMILES string of the molecule is Cc1ncccc1NC(=O)[C@H]1C[C@@H]2CCN(S(C)(=O)=O)C[C@@H]2O1. The summed E-state index contributed by atoms with van der Waals surface area (Å²) in [5.41, 5.74) is 1.42. The van der Waals surface area contributed by atoms with Gasteiger partial charge in [0.1, 0.15) is 6.10 Å². The fourth-order valence-electron chi connectivity index (χ4n) is 3.20. The molecular weight excluding hydrogens is 318 g/mol. The number of nitrogens with zero attached hydrogens (tertiary/aromatic N) is 2. The number of anilines is 1. The number of sulfonamides is 1. The molecule has 2 aliphatic rings. The number of pyridine rings is 1. The van der Waals surface area contributed by atoms with Gasteiger partial charge in [-0.1, -0.05) is 0 Å². The molecule has 1 aromatic rings. The van der Waals surface area contributed by atoms with Gasteiger partial charge in [-0.3, -0.25) is 9.78 Å². The summed E-state index contributed by atoms with van der Waals surface area (Å²) in [6.45, 7) is 2.66. The average molecular weight is 339 g/mol. The molecule has 0 spiro atoms. The summed E-state index contributed by atoms with van der Waals surface area (Å²) < 4.78 is 30.6. The number of fused-ring (bicyclic) bond motifs is 1. The standard InChI is InChI=1S/C15H21N3O4S/c1-10-12(4-3-6-16-10)17-15(19)13-8-11-5-7-18(23(2,20)21)9-14(11)22-13/h3-4,6,11,13-14H,5,7-9H2,1-2H3,(H,17,19)/t11-,13+,14-/m0/s1. The van der Waals surface area contributed by atoms with Gasteiger partial charge in [-0.2, -0.15) is 4.31 Å². The number of rotatable bonds is 3. The molecule has 1 N–H and O–H groups in total. The highest BCUT2D eigenvalue weighted by Gasteiger charge is 2.43. The Hall–Kier alpha value is -1.51. The molecule has 1 aromatic heterocycles. The van der Waals surface area contributed by atoms with Gasteiger partial charge < -0.3 is 10.1 Å². The van der Waals surface area contributed by atoms with Crippen LogP contribution in [0.15, 0.2) is 18.3 Å². The first-order chi connectivity index (χ1) is 10.8. The first kappa shape index (κ1) is 16.4. The topological polar surface area (TPSA) is 88.6 Å². The molecule has 1 amide bonds. The molecule has 0 aliphatic carbocycles. The van der Waals surface area contributed by atoms with Crippen molar-refractivity contribution in [3.05, 3.63) is 24.0 Å². The van der Waals surface area contributed by atoms with Crippen molar-refractivity contribution in [1.29, 1.82) is 0 Å². The number of carbonyl (C=O) groups excluding carboxylic acids is 1. The molecule has 126 valence electrons. The van der Waals surface area contributed by atoms with E-state index in [9.17, 15) is 13.2 Å². The highest BCUT2D eigenvalue weighted by molar-refractivity contribution is 7.88. The second kappa shape index (κ2) is 6.18. The molecule has 3 heterocycles. The number of aromatic nitrogens is 1. The van der Waals surface area contributed by atoms with E-state index in [1.54, 1.807) is 18.3 Å². The van der Waals surface area contributed by atoms with Crippen molar-refractivity contribution >= 4 is 21.6 Å². The van der Waals surface area contributed by atoms with Crippen molar-refractivity contribution in [1.82, 2.24) is 9.29 Å². The van der Waals surface area contributed by atoms with E-state index in [0.717, 1.165) is 12.1 Å². The van der Waals surface area contributed by atoms with Crippen LogP contribution in [0.4, 0.5) is 5.69 Å². The van der Waals surface area contributed by atoms with Gasteiger partial charge in [-0.15, -0.1) is 0 Å². The number of hydrogen-bond donors (Lipinski definition) is 1. The third-order valence-corrected chi connectivity index (χ3v) is 5.81. The van der Waals surface area contributed by atoms with Crippen molar-refractivity contribution in [3.8, 4) is 0 Å². The number of amides is 1. The van der Waals surface area contributed by atoms with Crippen LogP contribution in [0.3, 0.4) is 0 Å². The number of aryl methyl sites for hydroxylation is 1. The van der Waals surface area contributed by atoms with Crippen molar-refractivity contribution < 1.29 is 17.9 Å². The van der Waals surface area contributed by atoms with Crippen LogP contribution in [0.1, 0.15) is 18.5 Å². The van der Waals surface area contributed by atoms with Crippen molar-refractivity contribution in [2.75, 3.05) is 24.7 Å². The van der Waals surface area contributed by atoms with Gasteiger partial charge in [0.25, 0.3) is 5.91 Å². The Balaban J connectivity index is 1.64. The Kier molecular flexibility index (Phi) is 4.39. The van der Waals surface area contributed by atoms with Crippen LogP contribution in [-0.4, -0.2) is 55.2 Å². The summed E-state index contributed by atoms with van der Waals surface area (Å²) in [6.07, 6.45) is 3.50. The lowest BCUT2D eigenvalue weighted by atomic mass is 9.93. The molecule has 23 heavy (non-hydrogen) atoms. The summed E-state index contributed by atoms with van der Waals surface area (Å²) in [4.78, 5) is 16.5. The van der Waals surface area contributed by atoms with Gasteiger partial charge in [0.2, 0.25) is 10.0 Å².